The predicted octanol–water partition coefficient (Wildman–Crippen LogP) is 23.3. The number of hydrogen-bond acceptors (Lipinski definition) is 3. The minimum atomic E-state index is 0. The molecule has 1 saturated heterocycles. The van der Waals surface area contributed by atoms with Crippen molar-refractivity contribution >= 4 is 0 Å². The van der Waals surface area contributed by atoms with Crippen molar-refractivity contribution in [2.75, 3.05) is 46.9 Å². The molecule has 1 aliphatic heterocycles. The molecule has 2 fully saturated rings. The van der Waals surface area contributed by atoms with Crippen molar-refractivity contribution in [2.45, 2.75) is 200 Å². The van der Waals surface area contributed by atoms with E-state index in [2.05, 4.69) is 58.7 Å². The van der Waals surface area contributed by atoms with E-state index in [0.29, 0.717) is 12.0 Å². The first kappa shape index (κ1) is 97.9. The lowest BCUT2D eigenvalue weighted by molar-refractivity contribution is -0.963. The number of nitrogens with zero attached hydrogens (tertiary/aromatic N) is 3. The normalized spacial score (nSPS) is 12.5. The molecule has 0 bridgehead atoms. The fourth-order valence-corrected chi connectivity index (χ4v) is 5.20. The summed E-state index contributed by atoms with van der Waals surface area (Å²) in [7, 11) is 3.28. The summed E-state index contributed by atoms with van der Waals surface area (Å²) in [5.74, 6) is 2.04. The van der Waals surface area contributed by atoms with E-state index >= 15 is 0 Å². The Bertz CT molecular complexity index is 1060. The van der Waals surface area contributed by atoms with Crippen molar-refractivity contribution in [3.05, 3.63) is 182 Å². The Morgan fingerprint density at radius 3 is 0.603 bits per heavy atom. The third-order valence-electron chi connectivity index (χ3n) is 8.38. The van der Waals surface area contributed by atoms with E-state index in [1.165, 1.54) is 62.6 Å². The summed E-state index contributed by atoms with van der Waals surface area (Å²) in [6, 6.07) is 60.0. The SMILES string of the molecule is C.C.C.C.CC.CC.CC.CC.CC.CC.CC(C)(C)C.CC1CCC(C)CC1.CCC[N+]1(CCO)CCC1.CN=NC.c1ccccc1.c1ccccc1.c1ccccc1.c1ccccc1.c1ccccc1. The van der Waals surface area contributed by atoms with Gasteiger partial charge in [0.25, 0.3) is 0 Å². The zero-order valence-corrected chi connectivity index (χ0v) is 49.5. The summed E-state index contributed by atoms with van der Waals surface area (Å²) in [6.07, 6.45) is 8.50. The number of azo groups is 1. The second-order valence-corrected chi connectivity index (χ2v) is 15.9. The number of aliphatic hydroxyl groups excluding tert-OH is 1. The molecule has 4 heteroatoms. The molecule has 0 unspecified atom stereocenters. The summed E-state index contributed by atoms with van der Waals surface area (Å²) in [5.41, 5.74) is 0.500. The lowest BCUT2D eigenvalue weighted by Crippen LogP contribution is -2.59. The van der Waals surface area contributed by atoms with Crippen molar-refractivity contribution in [2.24, 2.45) is 27.5 Å². The minimum Gasteiger partial charge on any atom is -0.391 e. The van der Waals surface area contributed by atoms with E-state index in [-0.39, 0.29) is 29.7 Å². The molecule has 2 aliphatic rings. The first-order valence-corrected chi connectivity index (χ1v) is 27.2. The molecule has 7 rings (SSSR count). The van der Waals surface area contributed by atoms with Gasteiger partial charge in [-0.2, -0.15) is 10.2 Å². The maximum Gasteiger partial charge on any atom is 0.102 e. The zero-order chi connectivity index (χ0) is 54.6. The molecule has 73 heavy (non-hydrogen) atoms. The van der Waals surface area contributed by atoms with Gasteiger partial charge in [-0.15, -0.1) is 0 Å². The van der Waals surface area contributed by atoms with E-state index in [1.807, 2.05) is 265 Å². The van der Waals surface area contributed by atoms with Crippen molar-refractivity contribution in [1.82, 2.24) is 0 Å². The third kappa shape index (κ3) is 105. The van der Waals surface area contributed by atoms with Gasteiger partial charge in [-0.1, -0.05) is 369 Å². The Kier molecular flexibility index (Phi) is 126. The van der Waals surface area contributed by atoms with Gasteiger partial charge in [0.15, 0.2) is 0 Å². The van der Waals surface area contributed by atoms with Crippen molar-refractivity contribution in [1.29, 1.82) is 0 Å². The van der Waals surface area contributed by atoms with Crippen molar-refractivity contribution < 1.29 is 9.59 Å². The zero-order valence-electron chi connectivity index (χ0n) is 49.5. The predicted molar refractivity (Wildman–Crippen MR) is 348 cm³/mol. The average Bonchev–Trinajstić information content (AvgIpc) is 3.43. The van der Waals surface area contributed by atoms with Crippen LogP contribution in [0.5, 0.6) is 0 Å². The van der Waals surface area contributed by atoms with Crippen LogP contribution in [-0.2, 0) is 0 Å². The topological polar surface area (TPSA) is 45.0 Å². The lowest BCUT2D eigenvalue weighted by atomic mass is 9.84. The van der Waals surface area contributed by atoms with Crippen LogP contribution < -0.4 is 0 Å². The highest BCUT2D eigenvalue weighted by Crippen LogP contribution is 2.27. The standard InChI is InChI=1S/C8H18NO.C8H16.5C6H6.C5H12.C2H6N2.6C2H6.4CH4/c1-2-4-9(7-8-10)5-3-6-9;1-7-3-5-8(2)6-4-7;5*1-2-4-6-5-3-1;1-5(2,3)4;1-3-4-2;6*1-2;;;;/h10H,2-8H2,1H3;7-8H,3-6H2,1-2H3;5*1-6H;1-4H3;1-2H3;6*1-2H3;4*1H4/q+1;;;;;;;;;;;;;;;;;;. The molecule has 0 spiro atoms. The largest absolute Gasteiger partial charge is 0.391 e. The number of likely N-dealkylation sites (tertiary alicyclic amines) is 1. The Balaban J connectivity index is -0.0000000559. The molecule has 0 aromatic heterocycles. The Labute approximate surface area is 463 Å². The van der Waals surface area contributed by atoms with Crippen LogP contribution in [0.2, 0.25) is 0 Å². The fourth-order valence-electron chi connectivity index (χ4n) is 5.20. The van der Waals surface area contributed by atoms with Crippen LogP contribution in [0.25, 0.3) is 0 Å². The second-order valence-electron chi connectivity index (χ2n) is 15.9. The lowest BCUT2D eigenvalue weighted by Gasteiger charge is -2.45. The minimum absolute atomic E-state index is 0. The molecule has 4 nitrogen and oxygen atoms in total. The summed E-state index contributed by atoms with van der Waals surface area (Å²) >= 11 is 0. The second kappa shape index (κ2) is 93.6. The van der Waals surface area contributed by atoms with Gasteiger partial charge in [-0.05, 0) is 23.7 Å². The molecule has 0 atom stereocenters. The van der Waals surface area contributed by atoms with Crippen LogP contribution in [0.1, 0.15) is 200 Å². The van der Waals surface area contributed by atoms with E-state index in [4.69, 9.17) is 5.11 Å². The molecule has 430 valence electrons. The van der Waals surface area contributed by atoms with Crippen molar-refractivity contribution in [3.8, 4) is 0 Å². The van der Waals surface area contributed by atoms with E-state index < -0.39 is 0 Å². The number of rotatable bonds is 4. The van der Waals surface area contributed by atoms with Crippen LogP contribution in [0.4, 0.5) is 0 Å². The average molecular weight is 1020 g/mol. The van der Waals surface area contributed by atoms with Gasteiger partial charge in [-0.25, -0.2) is 0 Å². The molecule has 1 heterocycles. The summed E-state index contributed by atoms with van der Waals surface area (Å²) < 4.78 is 1.19. The molecule has 0 amide bonds. The Morgan fingerprint density at radius 2 is 0.521 bits per heavy atom. The fraction of sp³-hybridized carbons (Fsp3) is 0.565. The smallest absolute Gasteiger partial charge is 0.102 e. The van der Waals surface area contributed by atoms with Gasteiger partial charge in [0.1, 0.15) is 6.54 Å². The van der Waals surface area contributed by atoms with Gasteiger partial charge in [0.2, 0.25) is 0 Å². The number of benzene rings is 5. The molecular formula is C69H134N3O+. The third-order valence-corrected chi connectivity index (χ3v) is 8.38. The Hall–Kier alpha value is -4.38. The van der Waals surface area contributed by atoms with Crippen LogP contribution in [0, 0.1) is 17.3 Å². The van der Waals surface area contributed by atoms with E-state index in [9.17, 15) is 0 Å². The number of aliphatic hydroxyl groups is 1. The van der Waals surface area contributed by atoms with Gasteiger partial charge in [-0.3, -0.25) is 0 Å². The number of quaternary nitrogens is 1. The van der Waals surface area contributed by atoms with E-state index in [0.717, 1.165) is 18.4 Å². The van der Waals surface area contributed by atoms with Crippen LogP contribution in [-0.4, -0.2) is 56.5 Å². The van der Waals surface area contributed by atoms with Gasteiger partial charge in [0.05, 0.1) is 26.2 Å². The van der Waals surface area contributed by atoms with Crippen LogP contribution in [0.3, 0.4) is 0 Å². The van der Waals surface area contributed by atoms with Crippen LogP contribution in [0.15, 0.2) is 192 Å². The maximum atomic E-state index is 8.78. The highest BCUT2D eigenvalue weighted by molar-refractivity contribution is 5.01. The monoisotopic (exact) mass is 1020 g/mol. The maximum absolute atomic E-state index is 8.78. The molecule has 1 aliphatic carbocycles. The van der Waals surface area contributed by atoms with Gasteiger partial charge in [0, 0.05) is 20.5 Å². The molecule has 0 radical (unpaired) electrons. The molecule has 5 aromatic carbocycles. The van der Waals surface area contributed by atoms with Gasteiger partial charge >= 0.3 is 0 Å². The first-order valence-electron chi connectivity index (χ1n) is 27.2. The summed E-state index contributed by atoms with van der Waals surface area (Å²) in [5, 5.41) is 15.5. The summed E-state index contributed by atoms with van der Waals surface area (Å²) in [6.45, 7) is 44.9. The molecular weight excluding hydrogens is 887 g/mol. The summed E-state index contributed by atoms with van der Waals surface area (Å²) in [4.78, 5) is 0. The molecule has 5 aromatic rings. The highest BCUT2D eigenvalue weighted by Gasteiger charge is 2.33. The highest BCUT2D eigenvalue weighted by atomic mass is 16.3. The number of hydrogen-bond donors (Lipinski definition) is 1. The van der Waals surface area contributed by atoms with Crippen LogP contribution >= 0.6 is 0 Å². The molecule has 1 saturated carbocycles. The Morgan fingerprint density at radius 1 is 0.370 bits per heavy atom. The van der Waals surface area contributed by atoms with Gasteiger partial charge < -0.3 is 9.59 Å². The first-order chi connectivity index (χ1) is 33.5. The van der Waals surface area contributed by atoms with E-state index in [1.54, 1.807) is 14.1 Å². The quantitative estimate of drug-likeness (QED) is 0.141. The molecule has 1 N–H and O–H groups in total. The van der Waals surface area contributed by atoms with Crippen molar-refractivity contribution in [3.63, 3.8) is 0 Å².